The summed E-state index contributed by atoms with van der Waals surface area (Å²) in [4.78, 5) is 6.76. The van der Waals surface area contributed by atoms with E-state index in [9.17, 15) is 0 Å². The Morgan fingerprint density at radius 2 is 1.62 bits per heavy atom. The number of hydrogen-bond donors (Lipinski definition) is 1. The van der Waals surface area contributed by atoms with E-state index in [2.05, 4.69) is 42.9 Å². The van der Waals surface area contributed by atoms with E-state index < -0.39 is 0 Å². The number of halogens is 1. The molecule has 1 aliphatic rings. The lowest BCUT2D eigenvalue weighted by molar-refractivity contribution is -0.0668. The highest BCUT2D eigenvalue weighted by atomic mass is 127. The molecule has 0 radical (unpaired) electrons. The van der Waals surface area contributed by atoms with Gasteiger partial charge >= 0.3 is 0 Å². The first-order valence-electron chi connectivity index (χ1n) is 8.49. The van der Waals surface area contributed by atoms with Crippen LogP contribution in [-0.2, 0) is 6.54 Å². The zero-order valence-corrected chi connectivity index (χ0v) is 19.4. The highest BCUT2D eigenvalue weighted by Gasteiger charge is 2.53. The fourth-order valence-corrected chi connectivity index (χ4v) is 3.11. The molecule has 1 saturated heterocycles. The van der Waals surface area contributed by atoms with Gasteiger partial charge in [-0.15, -0.1) is 24.0 Å². The minimum Gasteiger partial charge on any atom is -0.496 e. The molecule has 148 valence electrons. The molecule has 26 heavy (non-hydrogen) atoms. The van der Waals surface area contributed by atoms with E-state index in [1.54, 1.807) is 21.3 Å². The minimum atomic E-state index is 0. The summed E-state index contributed by atoms with van der Waals surface area (Å²) in [7, 11) is 6.73. The Balaban J connectivity index is 0.00000338. The van der Waals surface area contributed by atoms with Crippen LogP contribution >= 0.6 is 24.0 Å². The van der Waals surface area contributed by atoms with Gasteiger partial charge in [0.1, 0.15) is 17.2 Å². The monoisotopic (exact) mass is 477 g/mol. The number of likely N-dealkylation sites (tertiary alicyclic amines) is 1. The summed E-state index contributed by atoms with van der Waals surface area (Å²) in [6, 6.07) is 3.72. The van der Waals surface area contributed by atoms with Crippen molar-refractivity contribution in [2.45, 2.75) is 39.8 Å². The average molecular weight is 477 g/mol. The topological polar surface area (TPSA) is 55.3 Å². The Morgan fingerprint density at radius 3 is 1.96 bits per heavy atom. The van der Waals surface area contributed by atoms with Crippen molar-refractivity contribution >= 4 is 29.9 Å². The van der Waals surface area contributed by atoms with Crippen LogP contribution in [0.4, 0.5) is 0 Å². The van der Waals surface area contributed by atoms with E-state index in [0.29, 0.717) is 12.3 Å². The second kappa shape index (κ2) is 8.54. The molecule has 1 heterocycles. The SMILES string of the molecule is CN=C(NCc1c(OC)cc(OC)cc1OC)N1CC(C)(C)C1(C)C.I. The molecule has 1 aromatic rings. The number of nitrogens with zero attached hydrogens (tertiary/aromatic N) is 2. The van der Waals surface area contributed by atoms with Gasteiger partial charge in [-0.3, -0.25) is 4.99 Å². The van der Waals surface area contributed by atoms with E-state index in [-0.39, 0.29) is 34.9 Å². The van der Waals surface area contributed by atoms with Gasteiger partial charge in [0, 0.05) is 36.7 Å². The highest BCUT2D eigenvalue weighted by molar-refractivity contribution is 14.0. The predicted octanol–water partition coefficient (Wildman–Crippen LogP) is 3.53. The molecule has 7 heteroatoms. The lowest BCUT2D eigenvalue weighted by Crippen LogP contribution is -2.72. The van der Waals surface area contributed by atoms with Crippen LogP contribution < -0.4 is 19.5 Å². The molecule has 1 N–H and O–H groups in total. The van der Waals surface area contributed by atoms with Crippen LogP contribution in [0.5, 0.6) is 17.2 Å². The third-order valence-corrected chi connectivity index (χ3v) is 5.59. The van der Waals surface area contributed by atoms with Crippen LogP contribution in [0.25, 0.3) is 0 Å². The van der Waals surface area contributed by atoms with E-state index in [0.717, 1.165) is 29.6 Å². The number of hydrogen-bond acceptors (Lipinski definition) is 4. The summed E-state index contributed by atoms with van der Waals surface area (Å²) in [5, 5.41) is 3.44. The molecule has 0 aromatic heterocycles. The molecule has 1 fully saturated rings. The molecular weight excluding hydrogens is 445 g/mol. The Morgan fingerprint density at radius 1 is 1.08 bits per heavy atom. The number of methoxy groups -OCH3 is 3. The van der Waals surface area contributed by atoms with Crippen LogP contribution in [0.15, 0.2) is 17.1 Å². The molecule has 0 saturated carbocycles. The second-order valence-electron chi connectivity index (χ2n) is 7.44. The molecule has 6 nitrogen and oxygen atoms in total. The van der Waals surface area contributed by atoms with E-state index in [1.807, 2.05) is 19.2 Å². The maximum atomic E-state index is 5.52. The van der Waals surface area contributed by atoms with E-state index in [1.165, 1.54) is 0 Å². The van der Waals surface area contributed by atoms with Gasteiger partial charge in [0.05, 0.1) is 33.4 Å². The van der Waals surface area contributed by atoms with E-state index >= 15 is 0 Å². The maximum Gasteiger partial charge on any atom is 0.194 e. The Kier molecular flexibility index (Phi) is 7.44. The van der Waals surface area contributed by atoms with Crippen LogP contribution in [0.2, 0.25) is 0 Å². The fraction of sp³-hybridized carbons (Fsp3) is 0.632. The van der Waals surface area contributed by atoms with Gasteiger partial charge < -0.3 is 24.4 Å². The van der Waals surface area contributed by atoms with E-state index in [4.69, 9.17) is 14.2 Å². The van der Waals surface area contributed by atoms with Gasteiger partial charge in [0.15, 0.2) is 5.96 Å². The smallest absolute Gasteiger partial charge is 0.194 e. The van der Waals surface area contributed by atoms with Gasteiger partial charge in [-0.1, -0.05) is 13.8 Å². The number of aliphatic imine (C=N–C) groups is 1. The van der Waals surface area contributed by atoms with Gasteiger partial charge in [-0.2, -0.15) is 0 Å². The number of rotatable bonds is 5. The van der Waals surface area contributed by atoms with Crippen molar-refractivity contribution < 1.29 is 14.2 Å². The van der Waals surface area contributed by atoms with Crippen LogP contribution in [0.3, 0.4) is 0 Å². The Hall–Kier alpha value is -1.38. The second-order valence-corrected chi connectivity index (χ2v) is 7.44. The maximum absolute atomic E-state index is 5.52. The Labute approximate surface area is 174 Å². The molecule has 0 unspecified atom stereocenters. The molecule has 0 atom stereocenters. The lowest BCUT2D eigenvalue weighted by Gasteiger charge is -2.62. The normalized spacial score (nSPS) is 17.7. The summed E-state index contributed by atoms with van der Waals surface area (Å²) < 4.78 is 16.3. The lowest BCUT2D eigenvalue weighted by atomic mass is 9.65. The average Bonchev–Trinajstić information content (AvgIpc) is 2.60. The first-order chi connectivity index (χ1) is 11.7. The Bertz CT molecular complexity index is 634. The summed E-state index contributed by atoms with van der Waals surface area (Å²) in [5.41, 5.74) is 1.23. The molecule has 0 amide bonds. The number of guanidine groups is 1. The van der Waals surface area contributed by atoms with Gasteiger partial charge in [0.25, 0.3) is 0 Å². The number of ether oxygens (including phenoxy) is 3. The molecular formula is C19H32IN3O3. The first-order valence-corrected chi connectivity index (χ1v) is 8.49. The fourth-order valence-electron chi connectivity index (χ4n) is 3.11. The van der Waals surface area contributed by atoms with Crippen molar-refractivity contribution in [2.24, 2.45) is 10.4 Å². The standard InChI is InChI=1S/C19H31N3O3.HI/c1-18(2)12-22(19(18,3)4)17(20-5)21-11-14-15(24-7)9-13(23-6)10-16(14)25-8;/h9-10H,11-12H2,1-8H3,(H,20,21);1H. The molecule has 0 spiro atoms. The molecule has 0 aliphatic carbocycles. The predicted molar refractivity (Wildman–Crippen MR) is 116 cm³/mol. The first kappa shape index (κ1) is 22.7. The largest absolute Gasteiger partial charge is 0.496 e. The minimum absolute atomic E-state index is 0. The molecule has 0 bridgehead atoms. The van der Waals surface area contributed by atoms with Crippen molar-refractivity contribution in [3.8, 4) is 17.2 Å². The van der Waals surface area contributed by atoms with Crippen LogP contribution in [0, 0.1) is 5.41 Å². The molecule has 1 aromatic carbocycles. The van der Waals surface area contributed by atoms with Gasteiger partial charge in [-0.05, 0) is 13.8 Å². The van der Waals surface area contributed by atoms with Crippen molar-refractivity contribution in [1.82, 2.24) is 10.2 Å². The van der Waals surface area contributed by atoms with Crippen molar-refractivity contribution in [2.75, 3.05) is 34.9 Å². The zero-order chi connectivity index (χ0) is 18.8. The molecule has 2 rings (SSSR count). The molecule has 1 aliphatic heterocycles. The van der Waals surface area contributed by atoms with Crippen molar-refractivity contribution in [3.63, 3.8) is 0 Å². The number of benzene rings is 1. The highest BCUT2D eigenvalue weighted by Crippen LogP contribution is 2.46. The van der Waals surface area contributed by atoms with Crippen molar-refractivity contribution in [1.29, 1.82) is 0 Å². The van der Waals surface area contributed by atoms with Gasteiger partial charge in [0.2, 0.25) is 0 Å². The van der Waals surface area contributed by atoms with Crippen LogP contribution in [-0.4, -0.2) is 51.3 Å². The van der Waals surface area contributed by atoms with Gasteiger partial charge in [-0.25, -0.2) is 0 Å². The van der Waals surface area contributed by atoms with Crippen LogP contribution in [0.1, 0.15) is 33.3 Å². The quantitative estimate of drug-likeness (QED) is 0.400. The number of nitrogens with one attached hydrogen (secondary N) is 1. The zero-order valence-electron chi connectivity index (χ0n) is 17.1. The summed E-state index contributed by atoms with van der Waals surface area (Å²) in [5.74, 6) is 3.03. The van der Waals surface area contributed by atoms with Crippen molar-refractivity contribution in [3.05, 3.63) is 17.7 Å². The third-order valence-electron chi connectivity index (χ3n) is 5.59. The summed E-state index contributed by atoms with van der Waals surface area (Å²) >= 11 is 0. The third kappa shape index (κ3) is 3.97. The summed E-state index contributed by atoms with van der Waals surface area (Å²) in [6.45, 7) is 10.6. The summed E-state index contributed by atoms with van der Waals surface area (Å²) in [6.07, 6.45) is 0.